The molecule has 0 heterocycles. The maximum absolute atomic E-state index is 10.3. The highest BCUT2D eigenvalue weighted by Crippen LogP contribution is 2.11. The van der Waals surface area contributed by atoms with E-state index >= 15 is 0 Å². The molecule has 20 heavy (non-hydrogen) atoms. The lowest BCUT2D eigenvalue weighted by Gasteiger charge is -2.06. The fraction of sp³-hybridized carbons (Fsp3) is 0.429. The lowest BCUT2D eigenvalue weighted by molar-refractivity contribution is -0.137. The van der Waals surface area contributed by atoms with Crippen LogP contribution in [0.15, 0.2) is 29.3 Å². The number of methoxy groups -OCH3 is 1. The predicted molar refractivity (Wildman–Crippen MR) is 78.1 cm³/mol. The molecule has 0 aromatic heterocycles. The number of carboxylic acid groups (broad SMARTS) is 1. The Kier molecular flexibility index (Phi) is 6.95. The number of nitrogens with zero attached hydrogens (tertiary/aromatic N) is 1. The zero-order valence-electron chi connectivity index (χ0n) is 11.6. The molecule has 0 saturated carbocycles. The molecule has 0 bridgehead atoms. The SMILES string of the molecule is COc1ccc(CCNC(N)=NCCCC(=O)O)cc1. The van der Waals surface area contributed by atoms with Crippen molar-refractivity contribution in [3.05, 3.63) is 29.8 Å². The zero-order valence-corrected chi connectivity index (χ0v) is 11.6. The van der Waals surface area contributed by atoms with Crippen LogP contribution in [-0.2, 0) is 11.2 Å². The maximum Gasteiger partial charge on any atom is 0.303 e. The third kappa shape index (κ3) is 6.63. The smallest absolute Gasteiger partial charge is 0.303 e. The lowest BCUT2D eigenvalue weighted by Crippen LogP contribution is -2.33. The van der Waals surface area contributed by atoms with Gasteiger partial charge >= 0.3 is 5.97 Å². The lowest BCUT2D eigenvalue weighted by atomic mass is 10.1. The molecule has 0 amide bonds. The summed E-state index contributed by atoms with van der Waals surface area (Å²) in [5.74, 6) is 0.372. The number of rotatable bonds is 8. The van der Waals surface area contributed by atoms with E-state index in [2.05, 4.69) is 10.3 Å². The summed E-state index contributed by atoms with van der Waals surface area (Å²) in [6.45, 7) is 1.11. The summed E-state index contributed by atoms with van der Waals surface area (Å²) in [5, 5.41) is 11.5. The first kappa shape index (κ1) is 15.8. The second-order valence-corrected chi connectivity index (χ2v) is 4.29. The van der Waals surface area contributed by atoms with Gasteiger partial charge in [-0.15, -0.1) is 0 Å². The predicted octanol–water partition coefficient (Wildman–Crippen LogP) is 1.01. The molecule has 0 saturated heterocycles. The number of hydrogen-bond donors (Lipinski definition) is 3. The number of aliphatic carboxylic acids is 1. The van der Waals surface area contributed by atoms with Gasteiger partial charge in [-0.3, -0.25) is 9.79 Å². The molecule has 0 spiro atoms. The third-order valence-corrected chi connectivity index (χ3v) is 2.71. The molecular formula is C14H21N3O3. The average Bonchev–Trinajstić information content (AvgIpc) is 2.44. The Hall–Kier alpha value is -2.24. The van der Waals surface area contributed by atoms with Crippen molar-refractivity contribution in [2.24, 2.45) is 10.7 Å². The number of ether oxygens (including phenoxy) is 1. The Labute approximate surface area is 118 Å². The van der Waals surface area contributed by atoms with Gasteiger partial charge in [0, 0.05) is 19.5 Å². The number of benzene rings is 1. The quantitative estimate of drug-likeness (QED) is 0.375. The van der Waals surface area contributed by atoms with Gasteiger partial charge in [0.05, 0.1) is 7.11 Å². The molecule has 0 aliphatic heterocycles. The second-order valence-electron chi connectivity index (χ2n) is 4.29. The molecule has 1 aromatic carbocycles. The van der Waals surface area contributed by atoms with Gasteiger partial charge in [-0.25, -0.2) is 0 Å². The summed E-state index contributed by atoms with van der Waals surface area (Å²) in [6, 6.07) is 7.83. The summed E-state index contributed by atoms with van der Waals surface area (Å²) in [6.07, 6.45) is 1.44. The van der Waals surface area contributed by atoms with Gasteiger partial charge < -0.3 is 20.9 Å². The van der Waals surface area contributed by atoms with E-state index < -0.39 is 5.97 Å². The van der Waals surface area contributed by atoms with E-state index in [0.717, 1.165) is 12.2 Å². The van der Waals surface area contributed by atoms with Crippen molar-refractivity contribution in [3.63, 3.8) is 0 Å². The molecular weight excluding hydrogens is 258 g/mol. The summed E-state index contributed by atoms with van der Waals surface area (Å²) in [7, 11) is 1.64. The number of nitrogens with two attached hydrogens (primary N) is 1. The van der Waals surface area contributed by atoms with Crippen molar-refractivity contribution in [1.29, 1.82) is 0 Å². The van der Waals surface area contributed by atoms with Crippen molar-refractivity contribution < 1.29 is 14.6 Å². The first-order chi connectivity index (χ1) is 9.61. The van der Waals surface area contributed by atoms with Crippen molar-refractivity contribution in [2.45, 2.75) is 19.3 Å². The molecule has 0 aliphatic carbocycles. The molecule has 0 aliphatic rings. The largest absolute Gasteiger partial charge is 0.497 e. The van der Waals surface area contributed by atoms with E-state index in [0.29, 0.717) is 25.5 Å². The monoisotopic (exact) mass is 279 g/mol. The fourth-order valence-electron chi connectivity index (χ4n) is 1.61. The number of carboxylic acids is 1. The minimum absolute atomic E-state index is 0.114. The van der Waals surface area contributed by atoms with Gasteiger partial charge in [-0.1, -0.05) is 12.1 Å². The first-order valence-corrected chi connectivity index (χ1v) is 6.50. The van der Waals surface area contributed by atoms with Gasteiger partial charge in [0.2, 0.25) is 0 Å². The number of guanidine groups is 1. The minimum Gasteiger partial charge on any atom is -0.497 e. The van der Waals surface area contributed by atoms with Crippen LogP contribution in [0.2, 0.25) is 0 Å². The fourth-order valence-corrected chi connectivity index (χ4v) is 1.61. The highest BCUT2D eigenvalue weighted by molar-refractivity contribution is 5.77. The topological polar surface area (TPSA) is 96.9 Å². The normalized spacial score (nSPS) is 11.2. The van der Waals surface area contributed by atoms with Crippen molar-refractivity contribution in [1.82, 2.24) is 5.32 Å². The number of aliphatic imine (C=N–C) groups is 1. The van der Waals surface area contributed by atoms with Crippen molar-refractivity contribution in [3.8, 4) is 5.75 Å². The summed E-state index contributed by atoms with van der Waals surface area (Å²) in [5.41, 5.74) is 6.85. The second kappa shape index (κ2) is 8.79. The Balaban J connectivity index is 2.21. The van der Waals surface area contributed by atoms with Crippen LogP contribution in [0.4, 0.5) is 0 Å². The molecule has 1 rings (SSSR count). The third-order valence-electron chi connectivity index (χ3n) is 2.71. The van der Waals surface area contributed by atoms with Crippen LogP contribution in [0.3, 0.4) is 0 Å². The molecule has 4 N–H and O–H groups in total. The van der Waals surface area contributed by atoms with Crippen LogP contribution < -0.4 is 15.8 Å². The van der Waals surface area contributed by atoms with Crippen LogP contribution >= 0.6 is 0 Å². The van der Waals surface area contributed by atoms with E-state index in [1.165, 1.54) is 5.56 Å². The van der Waals surface area contributed by atoms with Crippen LogP contribution in [-0.4, -0.2) is 37.2 Å². The van der Waals surface area contributed by atoms with E-state index in [9.17, 15) is 4.79 Å². The molecule has 1 aromatic rings. The minimum atomic E-state index is -0.814. The first-order valence-electron chi connectivity index (χ1n) is 6.50. The van der Waals surface area contributed by atoms with Crippen molar-refractivity contribution in [2.75, 3.05) is 20.2 Å². The molecule has 6 nitrogen and oxygen atoms in total. The van der Waals surface area contributed by atoms with Crippen LogP contribution in [0.5, 0.6) is 5.75 Å². The van der Waals surface area contributed by atoms with Crippen LogP contribution in [0.1, 0.15) is 18.4 Å². The van der Waals surface area contributed by atoms with Gasteiger partial charge in [-0.2, -0.15) is 0 Å². The highest BCUT2D eigenvalue weighted by Gasteiger charge is 1.97. The Morgan fingerprint density at radius 3 is 2.70 bits per heavy atom. The summed E-state index contributed by atoms with van der Waals surface area (Å²) >= 11 is 0. The van der Waals surface area contributed by atoms with E-state index in [4.69, 9.17) is 15.6 Å². The Morgan fingerprint density at radius 1 is 1.40 bits per heavy atom. The van der Waals surface area contributed by atoms with E-state index in [-0.39, 0.29) is 6.42 Å². The van der Waals surface area contributed by atoms with Gasteiger partial charge in [0.15, 0.2) is 5.96 Å². The zero-order chi connectivity index (χ0) is 14.8. The Morgan fingerprint density at radius 2 is 2.10 bits per heavy atom. The van der Waals surface area contributed by atoms with Gasteiger partial charge in [0.25, 0.3) is 0 Å². The Bertz CT molecular complexity index is 443. The number of hydrogen-bond acceptors (Lipinski definition) is 3. The van der Waals surface area contributed by atoms with Crippen molar-refractivity contribution >= 4 is 11.9 Å². The number of carbonyl (C=O) groups is 1. The van der Waals surface area contributed by atoms with E-state index in [1.807, 2.05) is 24.3 Å². The standard InChI is InChI=1S/C14H21N3O3/c1-20-12-6-4-11(5-7-12)8-10-17-14(15)16-9-2-3-13(18)19/h4-7H,2-3,8-10H2,1H3,(H,18,19)(H3,15,16,17). The highest BCUT2D eigenvalue weighted by atomic mass is 16.5. The van der Waals surface area contributed by atoms with Crippen LogP contribution in [0.25, 0.3) is 0 Å². The molecule has 0 unspecified atom stereocenters. The average molecular weight is 279 g/mol. The number of nitrogens with one attached hydrogen (secondary N) is 1. The maximum atomic E-state index is 10.3. The van der Waals surface area contributed by atoms with Crippen LogP contribution in [0, 0.1) is 0 Å². The molecule has 0 radical (unpaired) electrons. The van der Waals surface area contributed by atoms with Gasteiger partial charge in [0.1, 0.15) is 5.75 Å². The molecule has 0 fully saturated rings. The molecule has 6 heteroatoms. The molecule has 110 valence electrons. The van der Waals surface area contributed by atoms with E-state index in [1.54, 1.807) is 7.11 Å². The summed E-state index contributed by atoms with van der Waals surface area (Å²) in [4.78, 5) is 14.4. The summed E-state index contributed by atoms with van der Waals surface area (Å²) < 4.78 is 5.09. The van der Waals surface area contributed by atoms with Gasteiger partial charge in [-0.05, 0) is 30.5 Å². The molecule has 0 atom stereocenters.